The lowest BCUT2D eigenvalue weighted by atomic mass is 10.1. The summed E-state index contributed by atoms with van der Waals surface area (Å²) >= 11 is 0. The van der Waals surface area contributed by atoms with Crippen molar-refractivity contribution in [2.75, 3.05) is 7.11 Å². The fourth-order valence-electron chi connectivity index (χ4n) is 2.22. The smallest absolute Gasteiger partial charge is 0.408 e. The third kappa shape index (κ3) is 5.43. The number of carbonyl (C=O) groups excluding carboxylic acids is 2. The average Bonchev–Trinajstić information content (AvgIpc) is 2.67. The third-order valence-electron chi connectivity index (χ3n) is 3.62. The molecule has 1 aromatic heterocycles. The fourth-order valence-corrected chi connectivity index (χ4v) is 2.22. The van der Waals surface area contributed by atoms with Crippen molar-refractivity contribution < 1.29 is 19.1 Å². The summed E-state index contributed by atoms with van der Waals surface area (Å²) < 4.78 is 10.6. The minimum absolute atomic E-state index is 0.0187. The van der Waals surface area contributed by atoms with Crippen LogP contribution in [0.15, 0.2) is 58.8 Å². The number of amides is 1. The van der Waals surface area contributed by atoms with Crippen molar-refractivity contribution in [1.82, 2.24) is 14.9 Å². The van der Waals surface area contributed by atoms with Gasteiger partial charge in [0.15, 0.2) is 0 Å². The first kappa shape index (κ1) is 19.7. The molecule has 27 heavy (non-hydrogen) atoms. The predicted octanol–water partition coefficient (Wildman–Crippen LogP) is 0.863. The Kier molecular flexibility index (Phi) is 6.70. The van der Waals surface area contributed by atoms with Gasteiger partial charge in [-0.15, -0.1) is 6.58 Å². The van der Waals surface area contributed by atoms with Crippen LogP contribution in [-0.2, 0) is 27.4 Å². The zero-order valence-corrected chi connectivity index (χ0v) is 14.6. The molecule has 2 aromatic rings. The summed E-state index contributed by atoms with van der Waals surface area (Å²) in [5, 5.41) is 2.48. The number of benzene rings is 1. The number of hydrogen-bond donors (Lipinski definition) is 2. The lowest BCUT2D eigenvalue weighted by molar-refractivity contribution is -0.141. The second-order valence-electron chi connectivity index (χ2n) is 5.47. The van der Waals surface area contributed by atoms with Gasteiger partial charge in [-0.2, -0.15) is 0 Å². The van der Waals surface area contributed by atoms with Crippen LogP contribution in [0.3, 0.4) is 0 Å². The van der Waals surface area contributed by atoms with E-state index in [4.69, 9.17) is 4.74 Å². The molecule has 0 fully saturated rings. The van der Waals surface area contributed by atoms with Gasteiger partial charge >= 0.3 is 17.8 Å². The summed E-state index contributed by atoms with van der Waals surface area (Å²) in [5.41, 5.74) is -0.671. The molecule has 1 aromatic carbocycles. The van der Waals surface area contributed by atoms with Gasteiger partial charge in [0.2, 0.25) is 0 Å². The monoisotopic (exact) mass is 373 g/mol. The van der Waals surface area contributed by atoms with E-state index in [0.29, 0.717) is 0 Å². The summed E-state index contributed by atoms with van der Waals surface area (Å²) in [6.45, 7) is 3.24. The number of rotatable bonds is 7. The van der Waals surface area contributed by atoms with E-state index < -0.39 is 29.4 Å². The molecule has 9 heteroatoms. The van der Waals surface area contributed by atoms with Crippen LogP contribution in [0.25, 0.3) is 0 Å². The van der Waals surface area contributed by atoms with Crippen LogP contribution >= 0.6 is 0 Å². The fraction of sp³-hybridized carbons (Fsp3) is 0.222. The van der Waals surface area contributed by atoms with Crippen molar-refractivity contribution in [3.8, 4) is 0 Å². The van der Waals surface area contributed by atoms with Gasteiger partial charge in [-0.1, -0.05) is 36.4 Å². The molecule has 0 spiro atoms. The van der Waals surface area contributed by atoms with Gasteiger partial charge in [0, 0.05) is 6.20 Å². The number of ether oxygens (including phenoxy) is 2. The molecule has 1 atom stereocenters. The van der Waals surface area contributed by atoms with E-state index >= 15 is 0 Å². The number of carbonyl (C=O) groups is 2. The Morgan fingerprint density at radius 2 is 2.00 bits per heavy atom. The predicted molar refractivity (Wildman–Crippen MR) is 96.0 cm³/mol. The quantitative estimate of drug-likeness (QED) is 0.549. The van der Waals surface area contributed by atoms with E-state index in [0.717, 1.165) is 10.1 Å². The first-order valence-electron chi connectivity index (χ1n) is 7.95. The second-order valence-corrected chi connectivity index (χ2v) is 5.47. The van der Waals surface area contributed by atoms with Crippen LogP contribution in [0.1, 0.15) is 17.2 Å². The van der Waals surface area contributed by atoms with Crippen LogP contribution in [0, 0.1) is 0 Å². The van der Waals surface area contributed by atoms with Crippen LogP contribution < -0.4 is 16.6 Å². The maximum atomic E-state index is 12.1. The van der Waals surface area contributed by atoms with Crippen LogP contribution in [0.4, 0.5) is 4.79 Å². The number of H-pyrrole nitrogens is 1. The third-order valence-corrected chi connectivity index (χ3v) is 3.62. The van der Waals surface area contributed by atoms with E-state index in [1.54, 1.807) is 12.1 Å². The molecule has 1 heterocycles. The average molecular weight is 373 g/mol. The van der Waals surface area contributed by atoms with Crippen LogP contribution in [-0.4, -0.2) is 28.7 Å². The minimum atomic E-state index is -0.929. The minimum Gasteiger partial charge on any atom is -0.468 e. The highest BCUT2D eigenvalue weighted by molar-refractivity contribution is 5.69. The van der Waals surface area contributed by atoms with Gasteiger partial charge in [-0.3, -0.25) is 19.1 Å². The van der Waals surface area contributed by atoms with E-state index in [9.17, 15) is 19.2 Å². The van der Waals surface area contributed by atoms with Gasteiger partial charge in [0.25, 0.3) is 5.56 Å². The molecular formula is C18H19N3O6. The van der Waals surface area contributed by atoms with Crippen molar-refractivity contribution >= 4 is 12.1 Å². The number of alkyl carbamates (subject to hydrolysis) is 1. The highest BCUT2D eigenvalue weighted by Gasteiger charge is 2.18. The standard InChI is InChI=1S/C18H19N3O6/c1-3-14(19-18(25)27-11-12-7-5-4-6-8-12)13-9-21(10-15(22)26-2)17(24)20-16(13)23/h3-9,14H,1,10-11H2,2H3,(H,19,25)(H,20,23,24). The van der Waals surface area contributed by atoms with Gasteiger partial charge < -0.3 is 14.8 Å². The Morgan fingerprint density at radius 1 is 1.30 bits per heavy atom. The highest BCUT2D eigenvalue weighted by atomic mass is 16.5. The number of hydrogen-bond acceptors (Lipinski definition) is 6. The Hall–Kier alpha value is -3.62. The van der Waals surface area contributed by atoms with Crippen molar-refractivity contribution in [2.45, 2.75) is 19.2 Å². The lowest BCUT2D eigenvalue weighted by Gasteiger charge is -2.15. The van der Waals surface area contributed by atoms with E-state index in [-0.39, 0.29) is 18.7 Å². The molecular weight excluding hydrogens is 354 g/mol. The topological polar surface area (TPSA) is 119 Å². The van der Waals surface area contributed by atoms with Crippen molar-refractivity contribution in [3.63, 3.8) is 0 Å². The normalized spacial score (nSPS) is 11.3. The maximum Gasteiger partial charge on any atom is 0.408 e. The maximum absolute atomic E-state index is 12.1. The van der Waals surface area contributed by atoms with Gasteiger partial charge in [-0.05, 0) is 5.56 Å². The zero-order chi connectivity index (χ0) is 19.8. The first-order chi connectivity index (χ1) is 12.9. The van der Waals surface area contributed by atoms with Gasteiger partial charge in [-0.25, -0.2) is 9.59 Å². The van der Waals surface area contributed by atoms with Crippen molar-refractivity contribution in [3.05, 3.63) is 81.1 Å². The summed E-state index contributed by atoms with van der Waals surface area (Å²) in [6, 6.07) is 8.13. The summed E-state index contributed by atoms with van der Waals surface area (Å²) in [7, 11) is 1.18. The number of nitrogens with zero attached hydrogens (tertiary/aromatic N) is 1. The molecule has 0 aliphatic carbocycles. The Morgan fingerprint density at radius 3 is 2.63 bits per heavy atom. The van der Waals surface area contributed by atoms with E-state index in [1.165, 1.54) is 19.4 Å². The molecule has 0 bridgehead atoms. The van der Waals surface area contributed by atoms with Gasteiger partial charge in [0.1, 0.15) is 13.2 Å². The number of aromatic nitrogens is 2. The Labute approximate surface area is 154 Å². The molecule has 1 amide bonds. The molecule has 2 N–H and O–H groups in total. The Balaban J connectivity index is 2.13. The molecule has 142 valence electrons. The Bertz CT molecular complexity index is 932. The van der Waals surface area contributed by atoms with E-state index in [2.05, 4.69) is 21.6 Å². The second kappa shape index (κ2) is 9.18. The molecule has 1 unspecified atom stereocenters. The number of aromatic amines is 1. The van der Waals surface area contributed by atoms with Crippen LogP contribution in [0.5, 0.6) is 0 Å². The molecule has 0 aliphatic heterocycles. The molecule has 0 aliphatic rings. The van der Waals surface area contributed by atoms with E-state index in [1.807, 2.05) is 18.2 Å². The molecule has 0 saturated carbocycles. The largest absolute Gasteiger partial charge is 0.468 e. The number of methoxy groups -OCH3 is 1. The van der Waals surface area contributed by atoms with Crippen LogP contribution in [0.2, 0.25) is 0 Å². The summed E-state index contributed by atoms with van der Waals surface area (Å²) in [6.07, 6.45) is 1.71. The molecule has 0 radical (unpaired) electrons. The summed E-state index contributed by atoms with van der Waals surface area (Å²) in [4.78, 5) is 49.4. The number of esters is 1. The molecule has 9 nitrogen and oxygen atoms in total. The lowest BCUT2D eigenvalue weighted by Crippen LogP contribution is -2.38. The SMILES string of the molecule is C=CC(NC(=O)OCc1ccccc1)c1cn(CC(=O)OC)c(=O)[nH]c1=O. The van der Waals surface area contributed by atoms with Crippen molar-refractivity contribution in [2.24, 2.45) is 0 Å². The highest BCUT2D eigenvalue weighted by Crippen LogP contribution is 2.09. The van der Waals surface area contributed by atoms with Crippen molar-refractivity contribution in [1.29, 1.82) is 0 Å². The molecule has 0 saturated heterocycles. The molecule has 2 rings (SSSR count). The zero-order valence-electron chi connectivity index (χ0n) is 14.6. The number of nitrogens with one attached hydrogen (secondary N) is 2. The van der Waals surface area contributed by atoms with Gasteiger partial charge in [0.05, 0.1) is 18.7 Å². The summed E-state index contributed by atoms with van der Waals surface area (Å²) in [5.74, 6) is -0.666. The first-order valence-corrected chi connectivity index (χ1v) is 7.95.